The zero-order chi connectivity index (χ0) is 16.5. The lowest BCUT2D eigenvalue weighted by atomic mass is 10.1. The number of nitrogens with zero attached hydrogens (tertiary/aromatic N) is 4. The van der Waals surface area contributed by atoms with Crippen LogP contribution in [0.4, 0.5) is 0 Å². The molecule has 2 heterocycles. The summed E-state index contributed by atoms with van der Waals surface area (Å²) in [5.74, 6) is 0. The maximum Gasteiger partial charge on any atom is 0.280 e. The van der Waals surface area contributed by atoms with Crippen LogP contribution in [-0.2, 0) is 16.8 Å². The molecule has 0 bridgehead atoms. The summed E-state index contributed by atoms with van der Waals surface area (Å²) < 4.78 is 31.3. The summed E-state index contributed by atoms with van der Waals surface area (Å²) in [7, 11) is -1.46. The van der Waals surface area contributed by atoms with E-state index in [1.54, 1.807) is 0 Å². The Morgan fingerprint density at radius 2 is 1.82 bits per heavy atom. The molecule has 0 aromatic carbocycles. The molecule has 126 valence electrons. The van der Waals surface area contributed by atoms with E-state index in [1.165, 1.54) is 4.31 Å². The van der Waals surface area contributed by atoms with E-state index in [2.05, 4.69) is 14.7 Å². The Kier molecular flexibility index (Phi) is 5.26. The minimum absolute atomic E-state index is 0.287. The second kappa shape index (κ2) is 6.66. The molecule has 2 rings (SSSR count). The van der Waals surface area contributed by atoms with Gasteiger partial charge in [0, 0.05) is 50.0 Å². The average molecular weight is 329 g/mol. The summed E-state index contributed by atoms with van der Waals surface area (Å²) >= 11 is 0. The molecular formula is C14H27N5O2S. The number of piperazine rings is 1. The molecule has 1 N–H and O–H groups in total. The Morgan fingerprint density at radius 3 is 2.32 bits per heavy atom. The number of likely N-dealkylation sites (N-methyl/N-ethyl adjacent to an activating group) is 1. The van der Waals surface area contributed by atoms with E-state index >= 15 is 0 Å². The van der Waals surface area contributed by atoms with Gasteiger partial charge in [-0.1, -0.05) is 0 Å². The van der Waals surface area contributed by atoms with E-state index in [0.29, 0.717) is 13.1 Å². The highest BCUT2D eigenvalue weighted by molar-refractivity contribution is 7.87. The molecule has 1 aliphatic rings. The van der Waals surface area contributed by atoms with Crippen LogP contribution in [0.1, 0.15) is 36.8 Å². The van der Waals surface area contributed by atoms with Gasteiger partial charge in [-0.05, 0) is 34.7 Å². The van der Waals surface area contributed by atoms with E-state index in [4.69, 9.17) is 0 Å². The minimum Gasteiger partial charge on any atom is -0.304 e. The predicted molar refractivity (Wildman–Crippen MR) is 86.9 cm³/mol. The zero-order valence-electron chi connectivity index (χ0n) is 14.1. The second-order valence-electron chi connectivity index (χ2n) is 5.95. The van der Waals surface area contributed by atoms with Crippen LogP contribution in [-0.4, -0.2) is 60.6 Å². The van der Waals surface area contributed by atoms with Gasteiger partial charge in [0.1, 0.15) is 0 Å². The number of rotatable bonds is 5. The summed E-state index contributed by atoms with van der Waals surface area (Å²) in [6, 6.07) is -0.287. The second-order valence-corrected chi connectivity index (χ2v) is 7.65. The molecule has 0 saturated carbocycles. The van der Waals surface area contributed by atoms with Crippen molar-refractivity contribution in [1.82, 2.24) is 23.7 Å². The van der Waals surface area contributed by atoms with Gasteiger partial charge in [-0.3, -0.25) is 4.68 Å². The van der Waals surface area contributed by atoms with Crippen molar-refractivity contribution < 1.29 is 8.42 Å². The highest BCUT2D eigenvalue weighted by Crippen LogP contribution is 2.22. The summed E-state index contributed by atoms with van der Waals surface area (Å²) in [4.78, 5) is 2.13. The Morgan fingerprint density at radius 1 is 1.23 bits per heavy atom. The highest BCUT2D eigenvalue weighted by Gasteiger charge is 2.28. The van der Waals surface area contributed by atoms with E-state index in [-0.39, 0.29) is 6.04 Å². The molecular weight excluding hydrogens is 302 g/mol. The van der Waals surface area contributed by atoms with Gasteiger partial charge in [-0.15, -0.1) is 0 Å². The first-order valence-corrected chi connectivity index (χ1v) is 9.20. The van der Waals surface area contributed by atoms with E-state index in [9.17, 15) is 8.42 Å². The van der Waals surface area contributed by atoms with Crippen molar-refractivity contribution in [2.75, 3.05) is 33.2 Å². The number of aromatic nitrogens is 2. The summed E-state index contributed by atoms with van der Waals surface area (Å²) in [5.41, 5.74) is 2.88. The molecule has 1 atom stereocenters. The lowest BCUT2D eigenvalue weighted by Crippen LogP contribution is -2.51. The van der Waals surface area contributed by atoms with Crippen molar-refractivity contribution in [3.05, 3.63) is 17.0 Å². The zero-order valence-corrected chi connectivity index (χ0v) is 14.9. The quantitative estimate of drug-likeness (QED) is 0.862. The fourth-order valence-electron chi connectivity index (χ4n) is 3.03. The topological polar surface area (TPSA) is 70.5 Å². The van der Waals surface area contributed by atoms with E-state index in [0.717, 1.165) is 36.6 Å². The molecule has 1 aliphatic heterocycles. The van der Waals surface area contributed by atoms with Crippen LogP contribution in [0.5, 0.6) is 0 Å². The predicted octanol–water partition coefficient (Wildman–Crippen LogP) is 0.663. The normalized spacial score (nSPS) is 19.5. The summed E-state index contributed by atoms with van der Waals surface area (Å²) in [6.45, 7) is 11.2. The standard InChI is InChI=1S/C14H27N5O2S/c1-6-19-13(4)14(11(2)15-19)12(3)16-22(20,21)18-9-7-17(5)8-10-18/h12,16H,6-10H2,1-5H3. The van der Waals surface area contributed by atoms with Crippen LogP contribution in [0.15, 0.2) is 0 Å². The van der Waals surface area contributed by atoms with Gasteiger partial charge in [0.25, 0.3) is 10.2 Å². The average Bonchev–Trinajstić information content (AvgIpc) is 2.73. The van der Waals surface area contributed by atoms with Gasteiger partial charge in [-0.2, -0.15) is 22.5 Å². The third-order valence-corrected chi connectivity index (χ3v) is 5.99. The third kappa shape index (κ3) is 3.51. The SMILES string of the molecule is CCn1nc(C)c(C(C)NS(=O)(=O)N2CCN(C)CC2)c1C. The fourth-order valence-corrected chi connectivity index (χ4v) is 4.39. The van der Waals surface area contributed by atoms with Crippen LogP contribution in [0.25, 0.3) is 0 Å². The van der Waals surface area contributed by atoms with Crippen molar-refractivity contribution in [1.29, 1.82) is 0 Å². The van der Waals surface area contributed by atoms with E-state index < -0.39 is 10.2 Å². The molecule has 1 unspecified atom stereocenters. The molecule has 8 heteroatoms. The molecule has 0 aliphatic carbocycles. The van der Waals surface area contributed by atoms with Crippen molar-refractivity contribution in [2.45, 2.75) is 40.3 Å². The number of nitrogens with one attached hydrogen (secondary N) is 1. The molecule has 1 saturated heterocycles. The molecule has 7 nitrogen and oxygen atoms in total. The van der Waals surface area contributed by atoms with E-state index in [1.807, 2.05) is 39.4 Å². The Bertz CT molecular complexity index is 617. The fraction of sp³-hybridized carbons (Fsp3) is 0.786. The molecule has 1 aromatic rings. The largest absolute Gasteiger partial charge is 0.304 e. The van der Waals surface area contributed by atoms with Gasteiger partial charge in [-0.25, -0.2) is 0 Å². The summed E-state index contributed by atoms with van der Waals surface area (Å²) in [5, 5.41) is 4.46. The highest BCUT2D eigenvalue weighted by atomic mass is 32.2. The Hall–Kier alpha value is -0.960. The van der Waals surface area contributed by atoms with Crippen LogP contribution in [0, 0.1) is 13.8 Å². The molecule has 0 spiro atoms. The molecule has 22 heavy (non-hydrogen) atoms. The van der Waals surface area contributed by atoms with Crippen molar-refractivity contribution >= 4 is 10.2 Å². The van der Waals surface area contributed by atoms with Gasteiger partial charge in [0.2, 0.25) is 0 Å². The smallest absolute Gasteiger partial charge is 0.280 e. The number of aryl methyl sites for hydroxylation is 2. The minimum atomic E-state index is -3.47. The first kappa shape index (κ1) is 17.4. The molecule has 1 aromatic heterocycles. The van der Waals surface area contributed by atoms with Crippen LogP contribution in [0.3, 0.4) is 0 Å². The summed E-state index contributed by atoms with van der Waals surface area (Å²) in [6.07, 6.45) is 0. The lowest BCUT2D eigenvalue weighted by Gasteiger charge is -2.32. The monoisotopic (exact) mass is 329 g/mol. The third-order valence-electron chi connectivity index (χ3n) is 4.30. The van der Waals surface area contributed by atoms with Gasteiger partial charge < -0.3 is 4.90 Å². The van der Waals surface area contributed by atoms with Crippen molar-refractivity contribution in [3.8, 4) is 0 Å². The molecule has 0 radical (unpaired) electrons. The van der Waals surface area contributed by atoms with Gasteiger partial charge in [0.05, 0.1) is 5.69 Å². The van der Waals surface area contributed by atoms with Crippen LogP contribution < -0.4 is 4.72 Å². The lowest BCUT2D eigenvalue weighted by molar-refractivity contribution is 0.220. The maximum atomic E-state index is 12.5. The van der Waals surface area contributed by atoms with Crippen LogP contribution >= 0.6 is 0 Å². The number of hydrogen-bond acceptors (Lipinski definition) is 4. The molecule has 1 fully saturated rings. The Balaban J connectivity index is 2.14. The number of hydrogen-bond donors (Lipinski definition) is 1. The maximum absolute atomic E-state index is 12.5. The van der Waals surface area contributed by atoms with Gasteiger partial charge >= 0.3 is 0 Å². The van der Waals surface area contributed by atoms with Crippen molar-refractivity contribution in [2.24, 2.45) is 0 Å². The first-order chi connectivity index (χ1) is 10.3. The van der Waals surface area contributed by atoms with Crippen molar-refractivity contribution in [3.63, 3.8) is 0 Å². The molecule has 0 amide bonds. The first-order valence-electron chi connectivity index (χ1n) is 7.76. The van der Waals surface area contributed by atoms with Gasteiger partial charge in [0.15, 0.2) is 0 Å². The van der Waals surface area contributed by atoms with Crippen LogP contribution in [0.2, 0.25) is 0 Å². The Labute approximate surface area is 133 Å².